The van der Waals surface area contributed by atoms with E-state index in [1.807, 2.05) is 37.3 Å². The number of benzene rings is 2. The molecule has 7 heteroatoms. The first-order valence-corrected chi connectivity index (χ1v) is 8.66. The molecule has 0 fully saturated rings. The van der Waals surface area contributed by atoms with Crippen LogP contribution in [0.1, 0.15) is 27.2 Å². The van der Waals surface area contributed by atoms with E-state index in [-0.39, 0.29) is 0 Å². The fraction of sp³-hybridized carbons (Fsp3) is 0.105. The van der Waals surface area contributed by atoms with E-state index in [1.54, 1.807) is 28.9 Å². The number of hydrogen-bond acceptors (Lipinski definition) is 3. The largest absolute Gasteiger partial charge is 0.272 e. The molecule has 0 spiro atoms. The Morgan fingerprint density at radius 1 is 1.15 bits per heavy atom. The number of carbonyl (C=O) groups is 1. The third kappa shape index (κ3) is 4.12. The minimum absolute atomic E-state index is 0.355. The number of carbonyl (C=O) groups excluding carboxylic acids is 1. The number of rotatable bonds is 5. The Morgan fingerprint density at radius 2 is 1.85 bits per heavy atom. The van der Waals surface area contributed by atoms with Crippen LogP contribution in [0.4, 0.5) is 0 Å². The van der Waals surface area contributed by atoms with Gasteiger partial charge in [0.05, 0.1) is 34.6 Å². The second kappa shape index (κ2) is 8.17. The van der Waals surface area contributed by atoms with Crippen LogP contribution in [-0.4, -0.2) is 21.9 Å². The lowest BCUT2D eigenvalue weighted by molar-refractivity contribution is 0.0955. The van der Waals surface area contributed by atoms with Crippen molar-refractivity contribution >= 4 is 35.3 Å². The summed E-state index contributed by atoms with van der Waals surface area (Å²) < 4.78 is 1.70. The van der Waals surface area contributed by atoms with Crippen LogP contribution >= 0.6 is 23.2 Å². The summed E-state index contributed by atoms with van der Waals surface area (Å²) in [6.45, 7) is 2.39. The van der Waals surface area contributed by atoms with Crippen molar-refractivity contribution < 1.29 is 4.79 Å². The molecule has 3 rings (SSSR count). The van der Waals surface area contributed by atoms with Gasteiger partial charge in [-0.1, -0.05) is 65.7 Å². The molecule has 0 aliphatic carbocycles. The van der Waals surface area contributed by atoms with E-state index >= 15 is 0 Å². The van der Waals surface area contributed by atoms with Crippen molar-refractivity contribution in [3.63, 3.8) is 0 Å². The van der Waals surface area contributed by atoms with Crippen molar-refractivity contribution in [3.8, 4) is 0 Å². The predicted molar refractivity (Wildman–Crippen MR) is 104 cm³/mol. The highest BCUT2D eigenvalue weighted by Crippen LogP contribution is 2.19. The summed E-state index contributed by atoms with van der Waals surface area (Å²) in [7, 11) is 0. The van der Waals surface area contributed by atoms with Gasteiger partial charge in [0, 0.05) is 0 Å². The number of aryl methyl sites for hydroxylation is 1. The second-order valence-electron chi connectivity index (χ2n) is 5.61. The topological polar surface area (TPSA) is 59.3 Å². The van der Waals surface area contributed by atoms with Crippen molar-refractivity contribution in [2.45, 2.75) is 13.5 Å². The molecule has 1 amide bonds. The number of amides is 1. The summed E-state index contributed by atoms with van der Waals surface area (Å²) in [5.74, 6) is -0.391. The summed E-state index contributed by atoms with van der Waals surface area (Å²) in [5, 5.41) is 9.24. The molecule has 26 heavy (non-hydrogen) atoms. The molecule has 0 aliphatic rings. The number of halogens is 2. The zero-order valence-electron chi connectivity index (χ0n) is 14.0. The number of hydrogen-bond donors (Lipinski definition) is 1. The molecule has 5 nitrogen and oxygen atoms in total. The monoisotopic (exact) mass is 386 g/mol. The highest BCUT2D eigenvalue weighted by atomic mass is 35.5. The molecule has 1 N–H and O–H groups in total. The van der Waals surface area contributed by atoms with E-state index in [4.69, 9.17) is 23.2 Å². The molecule has 1 aromatic heterocycles. The normalized spacial score (nSPS) is 11.0. The zero-order valence-corrected chi connectivity index (χ0v) is 15.5. The SMILES string of the molecule is Cc1nn(Cc2ccccc2)c(Cl)c1C=NNC(=O)c1ccccc1Cl. The smallest absolute Gasteiger partial charge is 0.267 e. The van der Waals surface area contributed by atoms with Gasteiger partial charge in [-0.05, 0) is 24.6 Å². The maximum absolute atomic E-state index is 12.1. The average Bonchev–Trinajstić information content (AvgIpc) is 2.90. The first-order chi connectivity index (χ1) is 12.6. The van der Waals surface area contributed by atoms with Crippen LogP contribution in [0.15, 0.2) is 59.7 Å². The van der Waals surface area contributed by atoms with Gasteiger partial charge in [-0.25, -0.2) is 10.1 Å². The van der Waals surface area contributed by atoms with E-state index in [2.05, 4.69) is 15.6 Å². The zero-order chi connectivity index (χ0) is 18.5. The third-order valence-corrected chi connectivity index (χ3v) is 4.49. The molecular weight excluding hydrogens is 371 g/mol. The maximum atomic E-state index is 12.1. The van der Waals surface area contributed by atoms with Crippen LogP contribution in [0.3, 0.4) is 0 Å². The predicted octanol–water partition coefficient (Wildman–Crippen LogP) is 4.31. The quantitative estimate of drug-likeness (QED) is 0.524. The summed E-state index contributed by atoms with van der Waals surface area (Å²) in [4.78, 5) is 12.1. The second-order valence-corrected chi connectivity index (χ2v) is 6.38. The van der Waals surface area contributed by atoms with Gasteiger partial charge in [-0.2, -0.15) is 10.2 Å². The Hall–Kier alpha value is -2.63. The minimum Gasteiger partial charge on any atom is -0.267 e. The van der Waals surface area contributed by atoms with Crippen LogP contribution in [0, 0.1) is 6.92 Å². The van der Waals surface area contributed by atoms with Gasteiger partial charge in [-0.15, -0.1) is 0 Å². The maximum Gasteiger partial charge on any atom is 0.272 e. The van der Waals surface area contributed by atoms with E-state index in [0.717, 1.165) is 11.3 Å². The first-order valence-electron chi connectivity index (χ1n) is 7.91. The molecule has 0 radical (unpaired) electrons. The molecule has 3 aromatic rings. The molecule has 2 aromatic carbocycles. The lowest BCUT2D eigenvalue weighted by Crippen LogP contribution is -2.18. The van der Waals surface area contributed by atoms with Crippen molar-refractivity contribution in [2.24, 2.45) is 5.10 Å². The highest BCUT2D eigenvalue weighted by molar-refractivity contribution is 6.34. The van der Waals surface area contributed by atoms with Gasteiger partial charge in [0.15, 0.2) is 0 Å². The average molecular weight is 387 g/mol. The van der Waals surface area contributed by atoms with Gasteiger partial charge in [-0.3, -0.25) is 4.79 Å². The fourth-order valence-corrected chi connectivity index (χ4v) is 2.94. The molecule has 0 unspecified atom stereocenters. The first kappa shape index (κ1) is 18.2. The van der Waals surface area contributed by atoms with Gasteiger partial charge in [0.1, 0.15) is 5.15 Å². The van der Waals surface area contributed by atoms with E-state index in [9.17, 15) is 4.79 Å². The van der Waals surface area contributed by atoms with E-state index in [1.165, 1.54) is 6.21 Å². The summed E-state index contributed by atoms with van der Waals surface area (Å²) >= 11 is 12.4. The summed E-state index contributed by atoms with van der Waals surface area (Å²) in [5.41, 5.74) is 5.28. The molecule has 1 heterocycles. The Morgan fingerprint density at radius 3 is 2.58 bits per heavy atom. The van der Waals surface area contributed by atoms with Crippen molar-refractivity contribution in [1.82, 2.24) is 15.2 Å². The van der Waals surface area contributed by atoms with Crippen molar-refractivity contribution in [2.75, 3.05) is 0 Å². The standard InChI is InChI=1S/C19H16Cl2N4O/c1-13-16(11-22-23-19(26)15-9-5-6-10-17(15)20)18(21)25(24-13)12-14-7-3-2-4-8-14/h2-11H,12H2,1H3,(H,23,26). The van der Waals surface area contributed by atoms with Gasteiger partial charge < -0.3 is 0 Å². The van der Waals surface area contributed by atoms with E-state index < -0.39 is 5.91 Å². The summed E-state index contributed by atoms with van der Waals surface area (Å²) in [6.07, 6.45) is 1.49. The van der Waals surface area contributed by atoms with Crippen LogP contribution in [0.2, 0.25) is 10.2 Å². The van der Waals surface area contributed by atoms with E-state index in [0.29, 0.717) is 27.8 Å². The Bertz CT molecular complexity index is 951. The Balaban J connectivity index is 1.73. The number of nitrogens with one attached hydrogen (secondary N) is 1. The molecule has 0 atom stereocenters. The van der Waals surface area contributed by atoms with Crippen LogP contribution in [0.25, 0.3) is 0 Å². The highest BCUT2D eigenvalue weighted by Gasteiger charge is 2.13. The molecule has 0 saturated carbocycles. The van der Waals surface area contributed by atoms with Crippen LogP contribution in [0.5, 0.6) is 0 Å². The fourth-order valence-electron chi connectivity index (χ4n) is 2.44. The molecule has 0 saturated heterocycles. The van der Waals surface area contributed by atoms with Crippen molar-refractivity contribution in [3.05, 3.63) is 87.2 Å². The van der Waals surface area contributed by atoms with Crippen molar-refractivity contribution in [1.29, 1.82) is 0 Å². The lowest BCUT2D eigenvalue weighted by atomic mass is 10.2. The lowest BCUT2D eigenvalue weighted by Gasteiger charge is -2.03. The minimum atomic E-state index is -0.391. The third-order valence-electron chi connectivity index (χ3n) is 3.76. The number of hydrazone groups is 1. The number of nitrogens with zero attached hydrogens (tertiary/aromatic N) is 3. The summed E-state index contributed by atoms with van der Waals surface area (Å²) in [6, 6.07) is 16.7. The molecular formula is C19H16Cl2N4O. The molecule has 0 bridgehead atoms. The Labute approximate surface area is 161 Å². The van der Waals surface area contributed by atoms with Crippen LogP contribution < -0.4 is 5.43 Å². The molecule has 0 aliphatic heterocycles. The molecule has 132 valence electrons. The van der Waals surface area contributed by atoms with Gasteiger partial charge in [0.25, 0.3) is 5.91 Å². The van der Waals surface area contributed by atoms with Gasteiger partial charge >= 0.3 is 0 Å². The van der Waals surface area contributed by atoms with Crippen LogP contribution in [-0.2, 0) is 6.54 Å². The van der Waals surface area contributed by atoms with Gasteiger partial charge in [0.2, 0.25) is 0 Å². The Kier molecular flexibility index (Phi) is 5.71. The number of aromatic nitrogens is 2.